The summed E-state index contributed by atoms with van der Waals surface area (Å²) < 4.78 is 1.08. The topological polar surface area (TPSA) is 20.2 Å². The third-order valence-corrected chi connectivity index (χ3v) is 3.22. The molecule has 0 saturated carbocycles. The second kappa shape index (κ2) is 3.09. The van der Waals surface area contributed by atoms with Crippen LogP contribution >= 0.6 is 23.6 Å². The Morgan fingerprint density at radius 1 is 1.46 bits per heavy atom. The van der Waals surface area contributed by atoms with Gasteiger partial charge in [-0.2, -0.15) is 0 Å². The fourth-order valence-electron chi connectivity index (χ4n) is 1.36. The van der Waals surface area contributed by atoms with Crippen LogP contribution in [0, 0.1) is 6.92 Å². The van der Waals surface area contributed by atoms with Crippen LogP contribution in [0.2, 0.25) is 0 Å². The van der Waals surface area contributed by atoms with E-state index in [2.05, 4.69) is 13.0 Å². The van der Waals surface area contributed by atoms with Crippen LogP contribution in [-0.2, 0) is 0 Å². The molecular formula is C10H8OS2. The van der Waals surface area contributed by atoms with E-state index in [0.717, 1.165) is 15.6 Å². The van der Waals surface area contributed by atoms with Crippen molar-refractivity contribution >= 4 is 38.7 Å². The third kappa shape index (κ3) is 1.45. The van der Waals surface area contributed by atoms with E-state index in [1.54, 1.807) is 11.3 Å². The number of thiocarbonyl (C=S) groups is 1. The highest BCUT2D eigenvalue weighted by atomic mass is 32.1. The van der Waals surface area contributed by atoms with Gasteiger partial charge in [0.2, 0.25) is 0 Å². The number of benzene rings is 1. The number of aryl methyl sites for hydroxylation is 1. The Hall–Kier alpha value is -0.930. The minimum atomic E-state index is -0.0209. The number of thiophene rings is 1. The molecule has 0 aliphatic rings. The minimum Gasteiger partial charge on any atom is -0.498 e. The molecule has 0 aliphatic carbocycles. The number of aliphatic hydroxyl groups excluding tert-OH is 1. The van der Waals surface area contributed by atoms with Gasteiger partial charge in [0.1, 0.15) is 0 Å². The van der Waals surface area contributed by atoms with Gasteiger partial charge in [0.05, 0.1) is 0 Å². The van der Waals surface area contributed by atoms with E-state index in [0.29, 0.717) is 0 Å². The van der Waals surface area contributed by atoms with Gasteiger partial charge in [-0.15, -0.1) is 11.3 Å². The molecule has 66 valence electrons. The van der Waals surface area contributed by atoms with Gasteiger partial charge in [0, 0.05) is 15.1 Å². The van der Waals surface area contributed by atoms with E-state index in [1.807, 2.05) is 18.2 Å². The summed E-state index contributed by atoms with van der Waals surface area (Å²) in [6, 6.07) is 7.88. The Bertz CT molecular complexity index is 471. The average molecular weight is 208 g/mol. The van der Waals surface area contributed by atoms with Crippen molar-refractivity contribution in [2.24, 2.45) is 0 Å². The van der Waals surface area contributed by atoms with Crippen molar-refractivity contribution in [2.75, 3.05) is 0 Å². The predicted molar refractivity (Wildman–Crippen MR) is 60.9 cm³/mol. The van der Waals surface area contributed by atoms with E-state index in [-0.39, 0.29) is 5.05 Å². The highest BCUT2D eigenvalue weighted by Gasteiger charge is 2.06. The maximum absolute atomic E-state index is 9.27. The van der Waals surface area contributed by atoms with Crippen molar-refractivity contribution < 1.29 is 5.11 Å². The monoisotopic (exact) mass is 208 g/mol. The molecule has 1 nitrogen and oxygen atoms in total. The fraction of sp³-hybridized carbons (Fsp3) is 0.100. The van der Waals surface area contributed by atoms with E-state index in [9.17, 15) is 5.11 Å². The molecule has 2 rings (SSSR count). The molecule has 1 N–H and O–H groups in total. The van der Waals surface area contributed by atoms with Gasteiger partial charge in [0.25, 0.3) is 0 Å². The van der Waals surface area contributed by atoms with Gasteiger partial charge < -0.3 is 5.11 Å². The molecule has 1 heterocycles. The Balaban J connectivity index is 2.82. The lowest BCUT2D eigenvalue weighted by Crippen LogP contribution is -1.93. The van der Waals surface area contributed by atoms with E-state index in [1.165, 1.54) is 4.88 Å². The quantitative estimate of drug-likeness (QED) is 0.724. The van der Waals surface area contributed by atoms with Gasteiger partial charge in [-0.1, -0.05) is 12.1 Å². The van der Waals surface area contributed by atoms with E-state index < -0.39 is 0 Å². The van der Waals surface area contributed by atoms with Crippen LogP contribution in [0.1, 0.15) is 10.4 Å². The molecule has 0 bridgehead atoms. The standard InChI is InChI=1S/C10H8OS2/c1-6-5-7-3-2-4-8(10(11)12)9(7)13-6/h2-5H,1H3,(H,11,12). The molecule has 13 heavy (non-hydrogen) atoms. The van der Waals surface area contributed by atoms with Gasteiger partial charge >= 0.3 is 0 Å². The number of hydrogen-bond acceptors (Lipinski definition) is 2. The number of fused-ring (bicyclic) bond motifs is 1. The van der Waals surface area contributed by atoms with Gasteiger partial charge in [-0.25, -0.2) is 0 Å². The second-order valence-electron chi connectivity index (χ2n) is 2.89. The highest BCUT2D eigenvalue weighted by Crippen LogP contribution is 2.28. The van der Waals surface area contributed by atoms with Crippen LogP contribution in [0.25, 0.3) is 10.1 Å². The maximum Gasteiger partial charge on any atom is 0.190 e. The first-order valence-corrected chi connectivity index (χ1v) is 5.13. The third-order valence-electron chi connectivity index (χ3n) is 1.90. The zero-order valence-electron chi connectivity index (χ0n) is 7.07. The summed E-state index contributed by atoms with van der Waals surface area (Å²) in [6.07, 6.45) is 0. The maximum atomic E-state index is 9.27. The van der Waals surface area contributed by atoms with Crippen molar-refractivity contribution in [2.45, 2.75) is 6.92 Å². The second-order valence-corrected chi connectivity index (χ2v) is 4.53. The predicted octanol–water partition coefficient (Wildman–Crippen LogP) is 3.44. The largest absolute Gasteiger partial charge is 0.498 e. The lowest BCUT2D eigenvalue weighted by molar-refractivity contribution is 0.572. The summed E-state index contributed by atoms with van der Waals surface area (Å²) in [7, 11) is 0. The van der Waals surface area contributed by atoms with Crippen LogP contribution in [0.3, 0.4) is 0 Å². The molecule has 0 fully saturated rings. The first-order chi connectivity index (χ1) is 6.18. The first kappa shape index (κ1) is 8.66. The van der Waals surface area contributed by atoms with Crippen molar-refractivity contribution in [1.82, 2.24) is 0 Å². The summed E-state index contributed by atoms with van der Waals surface area (Å²) in [5, 5.41) is 10.4. The average Bonchev–Trinajstić information content (AvgIpc) is 2.43. The van der Waals surface area contributed by atoms with Crippen molar-refractivity contribution in [3.8, 4) is 0 Å². The Morgan fingerprint density at radius 2 is 2.23 bits per heavy atom. The fourth-order valence-corrected chi connectivity index (χ4v) is 2.62. The van der Waals surface area contributed by atoms with Crippen LogP contribution in [0.5, 0.6) is 0 Å². The Kier molecular flexibility index (Phi) is 2.06. The molecule has 0 radical (unpaired) electrons. The summed E-state index contributed by atoms with van der Waals surface area (Å²) in [6.45, 7) is 2.05. The molecular weight excluding hydrogens is 200 g/mol. The van der Waals surface area contributed by atoms with Crippen LogP contribution in [0.4, 0.5) is 0 Å². The summed E-state index contributed by atoms with van der Waals surface area (Å²) >= 11 is 6.42. The van der Waals surface area contributed by atoms with Crippen LogP contribution in [-0.4, -0.2) is 10.2 Å². The lowest BCUT2D eigenvalue weighted by Gasteiger charge is -1.97. The molecule has 0 aliphatic heterocycles. The molecule has 0 amide bonds. The van der Waals surface area contributed by atoms with Crippen molar-refractivity contribution in [3.63, 3.8) is 0 Å². The Labute approximate surface area is 85.6 Å². The van der Waals surface area contributed by atoms with Gasteiger partial charge in [-0.05, 0) is 36.7 Å². The minimum absolute atomic E-state index is 0.0209. The van der Waals surface area contributed by atoms with Crippen LogP contribution < -0.4 is 0 Å². The summed E-state index contributed by atoms with van der Waals surface area (Å²) in [4.78, 5) is 1.23. The lowest BCUT2D eigenvalue weighted by atomic mass is 10.2. The van der Waals surface area contributed by atoms with Crippen molar-refractivity contribution in [3.05, 3.63) is 34.7 Å². The zero-order chi connectivity index (χ0) is 9.42. The molecule has 0 unspecified atom stereocenters. The van der Waals surface area contributed by atoms with Crippen molar-refractivity contribution in [1.29, 1.82) is 0 Å². The first-order valence-electron chi connectivity index (χ1n) is 3.91. The number of hydrogen-bond donors (Lipinski definition) is 1. The normalized spacial score (nSPS) is 10.5. The molecule has 2 aromatic rings. The number of rotatable bonds is 1. The molecule has 1 aromatic heterocycles. The van der Waals surface area contributed by atoms with Gasteiger partial charge in [-0.3, -0.25) is 0 Å². The molecule has 0 atom stereocenters. The van der Waals surface area contributed by atoms with Gasteiger partial charge in [0.15, 0.2) is 5.05 Å². The molecule has 3 heteroatoms. The zero-order valence-corrected chi connectivity index (χ0v) is 8.71. The Morgan fingerprint density at radius 3 is 2.92 bits per heavy atom. The highest BCUT2D eigenvalue weighted by molar-refractivity contribution is 7.80. The van der Waals surface area contributed by atoms with E-state index in [4.69, 9.17) is 12.2 Å². The molecule has 1 aromatic carbocycles. The summed E-state index contributed by atoms with van der Waals surface area (Å²) in [5.74, 6) is 0. The van der Waals surface area contributed by atoms with E-state index >= 15 is 0 Å². The summed E-state index contributed by atoms with van der Waals surface area (Å²) in [5.41, 5.74) is 0.769. The van der Waals surface area contributed by atoms with Crippen LogP contribution in [0.15, 0.2) is 24.3 Å². The SMILES string of the molecule is Cc1cc2cccc(C(O)=S)c2s1. The number of aliphatic hydroxyl groups is 1. The smallest absolute Gasteiger partial charge is 0.190 e. The molecule has 0 saturated heterocycles. The molecule has 0 spiro atoms.